The largest absolute Gasteiger partial charge is 0.532 e. The van der Waals surface area contributed by atoms with Crippen LogP contribution in [0, 0.1) is 0 Å². The van der Waals surface area contributed by atoms with Crippen LogP contribution in [0.2, 0.25) is 0 Å². The lowest BCUT2D eigenvalue weighted by atomic mass is 9.84. The highest BCUT2D eigenvalue weighted by Crippen LogP contribution is 2.37. The summed E-state index contributed by atoms with van der Waals surface area (Å²) in [4.78, 5) is 0. The topological polar surface area (TPSA) is 40.8 Å². The van der Waals surface area contributed by atoms with Gasteiger partial charge in [0, 0.05) is 13.2 Å². The molecule has 0 saturated carbocycles. The minimum absolute atomic E-state index is 0.330. The van der Waals surface area contributed by atoms with Gasteiger partial charge in [0.25, 0.3) is 0 Å². The number of furan rings is 1. The highest BCUT2D eigenvalue weighted by molar-refractivity contribution is 6.60. The first-order valence-corrected chi connectivity index (χ1v) is 7.41. The van der Waals surface area contributed by atoms with Crippen LogP contribution in [0.15, 0.2) is 16.7 Å². The minimum Gasteiger partial charge on any atom is -0.473 e. The highest BCUT2D eigenvalue weighted by Gasteiger charge is 2.53. The molecule has 0 spiro atoms. The van der Waals surface area contributed by atoms with E-state index < -0.39 is 7.12 Å². The lowest BCUT2D eigenvalue weighted by Crippen LogP contribution is -2.41. The molecule has 3 heterocycles. The van der Waals surface area contributed by atoms with Crippen molar-refractivity contribution in [3.05, 3.63) is 17.9 Å². The zero-order valence-corrected chi connectivity index (χ0v) is 12.8. The van der Waals surface area contributed by atoms with Crippen LogP contribution in [0.1, 0.15) is 52.0 Å². The van der Waals surface area contributed by atoms with E-state index >= 15 is 0 Å². The standard InChI is InChI=1S/C15H23BO4/c1-14(2)15(3,4)20-16(19-14)13-9-12(10-18-13)11-5-7-17-8-6-11/h9-11H,5-8H2,1-4H3. The minimum atomic E-state index is -0.409. The van der Waals surface area contributed by atoms with E-state index in [0.717, 1.165) is 31.7 Å². The van der Waals surface area contributed by atoms with E-state index in [0.29, 0.717) is 5.92 Å². The van der Waals surface area contributed by atoms with E-state index in [9.17, 15) is 0 Å². The van der Waals surface area contributed by atoms with E-state index in [1.54, 1.807) is 0 Å². The molecular weight excluding hydrogens is 255 g/mol. The molecule has 0 bridgehead atoms. The molecule has 3 rings (SSSR count). The Balaban J connectivity index is 1.74. The Morgan fingerprint density at radius 3 is 2.25 bits per heavy atom. The maximum Gasteiger partial charge on any atom is 0.532 e. The van der Waals surface area contributed by atoms with Gasteiger partial charge in [0.15, 0.2) is 0 Å². The lowest BCUT2D eigenvalue weighted by Gasteiger charge is -2.32. The summed E-state index contributed by atoms with van der Waals surface area (Å²) in [5.74, 6) is 0.531. The molecule has 0 atom stereocenters. The Morgan fingerprint density at radius 2 is 1.65 bits per heavy atom. The van der Waals surface area contributed by atoms with Crippen molar-refractivity contribution in [2.75, 3.05) is 13.2 Å². The second-order valence-electron chi connectivity index (χ2n) is 6.76. The Kier molecular flexibility index (Phi) is 3.47. The Morgan fingerprint density at radius 1 is 1.05 bits per heavy atom. The molecule has 2 aliphatic heterocycles. The van der Waals surface area contributed by atoms with Gasteiger partial charge >= 0.3 is 7.12 Å². The molecule has 0 aliphatic carbocycles. The van der Waals surface area contributed by atoms with Gasteiger partial charge in [-0.1, -0.05) is 0 Å². The van der Waals surface area contributed by atoms with Gasteiger partial charge in [-0.05, 0) is 58.1 Å². The predicted molar refractivity (Wildman–Crippen MR) is 77.2 cm³/mol. The van der Waals surface area contributed by atoms with Crippen molar-refractivity contribution >= 4 is 12.8 Å². The van der Waals surface area contributed by atoms with Gasteiger partial charge in [0.1, 0.15) is 5.66 Å². The zero-order chi connectivity index (χ0) is 14.4. The second-order valence-corrected chi connectivity index (χ2v) is 6.76. The Labute approximate surface area is 120 Å². The van der Waals surface area contributed by atoms with Gasteiger partial charge in [-0.3, -0.25) is 0 Å². The summed E-state index contributed by atoms with van der Waals surface area (Å²) in [5, 5.41) is 0. The van der Waals surface area contributed by atoms with Gasteiger partial charge in [0.05, 0.1) is 17.5 Å². The van der Waals surface area contributed by atoms with Gasteiger partial charge in [0.2, 0.25) is 0 Å². The average molecular weight is 278 g/mol. The molecule has 4 nitrogen and oxygen atoms in total. The first kappa shape index (κ1) is 14.2. The predicted octanol–water partition coefficient (Wildman–Crippen LogP) is 2.47. The van der Waals surface area contributed by atoms with Crippen LogP contribution in [0.25, 0.3) is 0 Å². The number of hydrogen-bond donors (Lipinski definition) is 0. The van der Waals surface area contributed by atoms with Crippen LogP contribution in [0.5, 0.6) is 0 Å². The molecule has 2 aliphatic rings. The molecule has 1 aromatic heterocycles. The first-order chi connectivity index (χ1) is 9.39. The summed E-state index contributed by atoms with van der Waals surface area (Å²) < 4.78 is 23.1. The molecular formula is C15H23BO4. The lowest BCUT2D eigenvalue weighted by molar-refractivity contribution is 0.00578. The summed E-state index contributed by atoms with van der Waals surface area (Å²) in [7, 11) is -0.409. The van der Waals surface area contributed by atoms with E-state index in [-0.39, 0.29) is 11.2 Å². The Hall–Kier alpha value is -0.775. The van der Waals surface area contributed by atoms with Crippen LogP contribution in [-0.2, 0) is 14.0 Å². The Bertz CT molecular complexity index is 458. The van der Waals surface area contributed by atoms with Gasteiger partial charge < -0.3 is 18.5 Å². The molecule has 2 fully saturated rings. The van der Waals surface area contributed by atoms with Gasteiger partial charge in [-0.2, -0.15) is 0 Å². The van der Waals surface area contributed by atoms with Crippen molar-refractivity contribution in [2.24, 2.45) is 0 Å². The molecule has 2 saturated heterocycles. The summed E-state index contributed by atoms with van der Waals surface area (Å²) in [6.45, 7) is 9.87. The molecule has 1 aromatic rings. The normalized spacial score (nSPS) is 26.1. The van der Waals surface area contributed by atoms with Crippen LogP contribution >= 0.6 is 0 Å². The van der Waals surface area contributed by atoms with Crippen molar-refractivity contribution in [1.82, 2.24) is 0 Å². The third kappa shape index (κ3) is 2.43. The molecule has 110 valence electrons. The average Bonchev–Trinajstić information content (AvgIpc) is 2.94. The summed E-state index contributed by atoms with van der Waals surface area (Å²) in [6.07, 6.45) is 3.96. The molecule has 0 N–H and O–H groups in total. The summed E-state index contributed by atoms with van der Waals surface area (Å²) >= 11 is 0. The third-order valence-corrected chi connectivity index (χ3v) is 4.82. The number of hydrogen-bond acceptors (Lipinski definition) is 4. The molecule has 5 heteroatoms. The van der Waals surface area contributed by atoms with Crippen molar-refractivity contribution in [3.8, 4) is 0 Å². The summed E-state index contributed by atoms with van der Waals surface area (Å²) in [6, 6.07) is 2.08. The second kappa shape index (κ2) is 4.90. The fraction of sp³-hybridized carbons (Fsp3) is 0.733. The third-order valence-electron chi connectivity index (χ3n) is 4.82. The van der Waals surface area contributed by atoms with Crippen LogP contribution in [0.3, 0.4) is 0 Å². The monoisotopic (exact) mass is 278 g/mol. The van der Waals surface area contributed by atoms with E-state index in [2.05, 4.69) is 33.8 Å². The quantitative estimate of drug-likeness (QED) is 0.779. The first-order valence-electron chi connectivity index (χ1n) is 7.41. The van der Waals surface area contributed by atoms with E-state index in [1.807, 2.05) is 6.26 Å². The number of ether oxygens (including phenoxy) is 1. The van der Waals surface area contributed by atoms with Crippen molar-refractivity contribution in [3.63, 3.8) is 0 Å². The smallest absolute Gasteiger partial charge is 0.473 e. The van der Waals surface area contributed by atoms with E-state index in [1.165, 1.54) is 5.56 Å². The fourth-order valence-corrected chi connectivity index (χ4v) is 2.70. The van der Waals surface area contributed by atoms with Gasteiger partial charge in [-0.25, -0.2) is 0 Å². The van der Waals surface area contributed by atoms with E-state index in [4.69, 9.17) is 18.5 Å². The fourth-order valence-electron chi connectivity index (χ4n) is 2.70. The molecule has 0 aromatic carbocycles. The van der Waals surface area contributed by atoms with Crippen molar-refractivity contribution in [2.45, 2.75) is 57.7 Å². The molecule has 0 amide bonds. The molecule has 20 heavy (non-hydrogen) atoms. The summed E-state index contributed by atoms with van der Waals surface area (Å²) in [5.41, 5.74) is 1.34. The maximum absolute atomic E-state index is 6.01. The van der Waals surface area contributed by atoms with Crippen molar-refractivity contribution in [1.29, 1.82) is 0 Å². The van der Waals surface area contributed by atoms with Gasteiger partial charge in [-0.15, -0.1) is 0 Å². The van der Waals surface area contributed by atoms with Crippen molar-refractivity contribution < 1.29 is 18.5 Å². The molecule has 0 radical (unpaired) electrons. The molecule has 0 unspecified atom stereocenters. The number of rotatable bonds is 2. The highest BCUT2D eigenvalue weighted by atomic mass is 16.7. The van der Waals surface area contributed by atoms with Crippen LogP contribution < -0.4 is 5.66 Å². The van der Waals surface area contributed by atoms with Crippen LogP contribution in [-0.4, -0.2) is 31.5 Å². The zero-order valence-electron chi connectivity index (χ0n) is 12.8. The maximum atomic E-state index is 6.01. The van der Waals surface area contributed by atoms with Crippen LogP contribution in [0.4, 0.5) is 0 Å². The SMILES string of the molecule is CC1(C)OB(c2cc(C3CCOCC3)co2)OC1(C)C.